The lowest BCUT2D eigenvalue weighted by Gasteiger charge is -2.12. The lowest BCUT2D eigenvalue weighted by molar-refractivity contribution is 0.563. The summed E-state index contributed by atoms with van der Waals surface area (Å²) < 4.78 is 30.5. The van der Waals surface area contributed by atoms with Gasteiger partial charge in [-0.3, -0.25) is 0 Å². The summed E-state index contributed by atoms with van der Waals surface area (Å²) in [6.07, 6.45) is 0. The molecule has 0 heterocycles. The summed E-state index contributed by atoms with van der Waals surface area (Å²) in [6, 6.07) is 7.81. The molecule has 0 N–H and O–H groups in total. The van der Waals surface area contributed by atoms with Gasteiger partial charge in [0.1, 0.15) is 0 Å². The third kappa shape index (κ3) is 3.97. The normalized spacial score (nSPS) is 13.8. The topological polar surface area (TPSA) is 43.4 Å². The molecule has 2 rings (SSSR count). The minimum atomic E-state index is -1.77. The summed E-state index contributed by atoms with van der Waals surface area (Å²) in [5.74, 6) is 0. The Balaban J connectivity index is 2.33. The summed E-state index contributed by atoms with van der Waals surface area (Å²) in [5.41, 5.74) is 5.75. The van der Waals surface area contributed by atoms with Gasteiger partial charge < -0.3 is 0 Å². The van der Waals surface area contributed by atoms with Crippen LogP contribution in [0.2, 0.25) is 0 Å². The molecule has 0 aliphatic rings. The quantitative estimate of drug-likeness (QED) is 0.826. The molecule has 0 unspecified atom stereocenters. The average Bonchev–Trinajstić information content (AvgIpc) is 2.35. The molecule has 0 saturated carbocycles. The second kappa shape index (κ2) is 7.07. The Labute approximate surface area is 143 Å². The van der Waals surface area contributed by atoms with Gasteiger partial charge in [-0.05, 0) is 63.8 Å². The fourth-order valence-electron chi connectivity index (χ4n) is 2.98. The highest BCUT2D eigenvalue weighted by Crippen LogP contribution is 2.25. The fourth-order valence-corrected chi connectivity index (χ4v) is 5.26. The zero-order chi connectivity index (χ0) is 17.3. The first-order chi connectivity index (χ1) is 10.7. The maximum atomic E-state index is 12.6. The predicted molar refractivity (Wildman–Crippen MR) is 95.2 cm³/mol. The van der Waals surface area contributed by atoms with Gasteiger partial charge in [0.05, 0.1) is 9.79 Å². The Kier molecular flexibility index (Phi) is 5.55. The van der Waals surface area contributed by atoms with Gasteiger partial charge >= 0.3 is 0 Å². The third-order valence-corrected chi connectivity index (χ3v) is 6.61. The molecule has 3 nitrogen and oxygen atoms in total. The molecule has 0 atom stereocenters. The molecule has 0 spiro atoms. The molecule has 5 heteroatoms. The summed E-state index contributed by atoms with van der Waals surface area (Å²) in [5, 5.41) is 0. The van der Waals surface area contributed by atoms with Crippen LogP contribution in [0.15, 0.2) is 34.1 Å². The van der Waals surface area contributed by atoms with E-state index in [-0.39, 0.29) is 0 Å². The van der Waals surface area contributed by atoms with E-state index in [4.69, 9.17) is 3.63 Å². The number of aryl methyl sites for hydroxylation is 6. The number of benzene rings is 2. The van der Waals surface area contributed by atoms with Gasteiger partial charge in [-0.1, -0.05) is 35.4 Å². The van der Waals surface area contributed by atoms with E-state index in [9.17, 15) is 8.42 Å². The summed E-state index contributed by atoms with van der Waals surface area (Å²) in [6.45, 7) is 11.5. The van der Waals surface area contributed by atoms with E-state index in [1.54, 1.807) is 0 Å². The van der Waals surface area contributed by atoms with Gasteiger partial charge in [0.15, 0.2) is 0 Å². The van der Waals surface area contributed by atoms with E-state index in [2.05, 4.69) is 0 Å². The van der Waals surface area contributed by atoms with Crippen LogP contribution >= 0.6 is 0 Å². The van der Waals surface area contributed by atoms with Gasteiger partial charge in [-0.2, -0.15) is 3.63 Å². The van der Waals surface area contributed by atoms with Crippen LogP contribution in [0, 0.1) is 41.5 Å². The van der Waals surface area contributed by atoms with Gasteiger partial charge in [-0.25, -0.2) is 8.42 Å². The smallest absolute Gasteiger partial charge is 0.203 e. The van der Waals surface area contributed by atoms with Crippen LogP contribution in [0.1, 0.15) is 33.4 Å². The van der Waals surface area contributed by atoms with E-state index in [1.807, 2.05) is 65.8 Å². The van der Waals surface area contributed by atoms with Crippen molar-refractivity contribution in [2.45, 2.75) is 51.3 Å². The molecule has 124 valence electrons. The number of hydrogen-bond donors (Lipinski definition) is 0. The molecular formula is C18H22O3S2. The SMILES string of the molecule is Cc1cc(C)c(S(=O)OS(=O)c2c(C)cc(C)cc2C)c(C)c1. The molecule has 23 heavy (non-hydrogen) atoms. The van der Waals surface area contributed by atoms with Crippen LogP contribution in [0.4, 0.5) is 0 Å². The maximum absolute atomic E-state index is 12.6. The predicted octanol–water partition coefficient (Wildman–Crippen LogP) is 4.30. The first-order valence-electron chi connectivity index (χ1n) is 7.38. The summed E-state index contributed by atoms with van der Waals surface area (Å²) in [4.78, 5) is 1.21. The van der Waals surface area contributed by atoms with Crippen molar-refractivity contribution in [2.24, 2.45) is 0 Å². The van der Waals surface area contributed by atoms with Gasteiger partial charge in [0.25, 0.3) is 0 Å². The highest BCUT2D eigenvalue weighted by atomic mass is 32.3. The first kappa shape index (κ1) is 18.0. The summed E-state index contributed by atoms with van der Waals surface area (Å²) in [7, 11) is 0. The highest BCUT2D eigenvalue weighted by molar-refractivity contribution is 7.93. The van der Waals surface area contributed by atoms with Crippen LogP contribution in [0.3, 0.4) is 0 Å². The third-order valence-electron chi connectivity index (χ3n) is 3.67. The molecule has 0 amide bonds. The molecule has 0 aliphatic carbocycles. The summed E-state index contributed by atoms with van der Waals surface area (Å²) >= 11 is -3.53. The van der Waals surface area contributed by atoms with E-state index >= 15 is 0 Å². The molecule has 0 aromatic heterocycles. The lowest BCUT2D eigenvalue weighted by atomic mass is 10.1. The maximum Gasteiger partial charge on any atom is 0.203 e. The Bertz CT molecular complexity index is 696. The van der Waals surface area contributed by atoms with Gasteiger partial charge in [-0.15, -0.1) is 0 Å². The van der Waals surface area contributed by atoms with Crippen LogP contribution in [0.5, 0.6) is 0 Å². The monoisotopic (exact) mass is 350 g/mol. The van der Waals surface area contributed by atoms with Crippen molar-refractivity contribution in [1.29, 1.82) is 0 Å². The molecule has 0 radical (unpaired) electrons. The average molecular weight is 351 g/mol. The fraction of sp³-hybridized carbons (Fsp3) is 0.333. The van der Waals surface area contributed by atoms with Crippen molar-refractivity contribution >= 4 is 22.2 Å². The van der Waals surface area contributed by atoms with E-state index in [0.29, 0.717) is 9.79 Å². The lowest BCUT2D eigenvalue weighted by Crippen LogP contribution is -2.08. The Hall–Kier alpha value is -1.30. The zero-order valence-electron chi connectivity index (χ0n) is 14.4. The largest absolute Gasteiger partial charge is 0.223 e. The van der Waals surface area contributed by atoms with Crippen molar-refractivity contribution in [3.05, 3.63) is 57.6 Å². The van der Waals surface area contributed by atoms with E-state index < -0.39 is 22.2 Å². The highest BCUT2D eigenvalue weighted by Gasteiger charge is 2.19. The standard InChI is InChI=1S/C18H22O3S2/c1-11-7-13(3)17(14(4)8-11)22(19)21-23(20)18-15(5)9-12(2)10-16(18)6/h7-10H,1-6H3. The van der Waals surface area contributed by atoms with Crippen LogP contribution in [-0.2, 0) is 25.8 Å². The second-order valence-electron chi connectivity index (χ2n) is 5.99. The van der Waals surface area contributed by atoms with E-state index in [1.165, 1.54) is 0 Å². The number of hydrogen-bond acceptors (Lipinski definition) is 3. The molecule has 0 saturated heterocycles. The molecular weight excluding hydrogens is 328 g/mol. The molecule has 0 aliphatic heterocycles. The van der Waals surface area contributed by atoms with Crippen LogP contribution < -0.4 is 0 Å². The minimum absolute atomic E-state index is 0.603. The van der Waals surface area contributed by atoms with Crippen molar-refractivity contribution in [3.63, 3.8) is 0 Å². The van der Waals surface area contributed by atoms with Crippen LogP contribution in [0.25, 0.3) is 0 Å². The Morgan fingerprint density at radius 2 is 0.870 bits per heavy atom. The first-order valence-corrected chi connectivity index (χ1v) is 9.53. The van der Waals surface area contributed by atoms with Gasteiger partial charge in [0.2, 0.25) is 22.2 Å². The van der Waals surface area contributed by atoms with Crippen molar-refractivity contribution in [2.75, 3.05) is 0 Å². The van der Waals surface area contributed by atoms with Crippen molar-refractivity contribution in [1.82, 2.24) is 0 Å². The van der Waals surface area contributed by atoms with Gasteiger partial charge in [0, 0.05) is 0 Å². The Morgan fingerprint density at radius 1 is 0.609 bits per heavy atom. The van der Waals surface area contributed by atoms with Crippen LogP contribution in [-0.4, -0.2) is 8.42 Å². The molecule has 2 aromatic carbocycles. The van der Waals surface area contributed by atoms with E-state index in [0.717, 1.165) is 33.4 Å². The Morgan fingerprint density at radius 3 is 1.13 bits per heavy atom. The molecule has 0 bridgehead atoms. The number of rotatable bonds is 4. The molecule has 2 aromatic rings. The second-order valence-corrected chi connectivity index (χ2v) is 8.29. The van der Waals surface area contributed by atoms with Crippen molar-refractivity contribution in [3.8, 4) is 0 Å². The minimum Gasteiger partial charge on any atom is -0.223 e. The van der Waals surface area contributed by atoms with Crippen molar-refractivity contribution < 1.29 is 12.0 Å². The zero-order valence-corrected chi connectivity index (χ0v) is 16.0. The molecule has 0 fully saturated rings.